The molecule has 0 fully saturated rings. The molecular formula is C11H22N4. The van der Waals surface area contributed by atoms with E-state index in [0.717, 1.165) is 25.9 Å². The molecule has 0 radical (unpaired) electrons. The Kier molecular flexibility index (Phi) is 4.78. The standard InChI is InChI=1S/C11H22N4/c1-4-5-11-10(9-15(3)13-11)8-14(2)7-6-12/h9H,4-8,12H2,1-3H3. The Morgan fingerprint density at radius 3 is 2.87 bits per heavy atom. The van der Waals surface area contributed by atoms with E-state index < -0.39 is 0 Å². The Labute approximate surface area is 92.1 Å². The number of nitrogens with zero attached hydrogens (tertiary/aromatic N) is 3. The van der Waals surface area contributed by atoms with Gasteiger partial charge in [-0.3, -0.25) is 4.68 Å². The third kappa shape index (κ3) is 3.64. The summed E-state index contributed by atoms with van der Waals surface area (Å²) < 4.78 is 1.90. The molecule has 0 spiro atoms. The molecule has 0 bridgehead atoms. The minimum atomic E-state index is 0.708. The second kappa shape index (κ2) is 5.88. The maximum absolute atomic E-state index is 5.52. The van der Waals surface area contributed by atoms with Crippen molar-refractivity contribution in [3.05, 3.63) is 17.5 Å². The number of likely N-dealkylation sites (N-methyl/N-ethyl adjacent to an activating group) is 1. The van der Waals surface area contributed by atoms with Crippen LogP contribution in [-0.4, -0.2) is 34.8 Å². The predicted molar refractivity (Wildman–Crippen MR) is 62.6 cm³/mol. The first-order chi connectivity index (χ1) is 7.17. The second-order valence-electron chi connectivity index (χ2n) is 4.05. The normalized spacial score (nSPS) is 11.3. The summed E-state index contributed by atoms with van der Waals surface area (Å²) in [5.74, 6) is 0. The number of hydrogen-bond donors (Lipinski definition) is 1. The van der Waals surface area contributed by atoms with E-state index in [0.29, 0.717) is 6.54 Å². The van der Waals surface area contributed by atoms with Crippen molar-refractivity contribution >= 4 is 0 Å². The number of nitrogens with two attached hydrogens (primary N) is 1. The molecule has 1 rings (SSSR count). The zero-order valence-electron chi connectivity index (χ0n) is 10.0. The van der Waals surface area contributed by atoms with E-state index in [4.69, 9.17) is 5.73 Å². The quantitative estimate of drug-likeness (QED) is 0.754. The zero-order valence-corrected chi connectivity index (χ0v) is 10.0. The molecule has 0 unspecified atom stereocenters. The molecular weight excluding hydrogens is 188 g/mol. The molecule has 86 valence electrons. The van der Waals surface area contributed by atoms with Gasteiger partial charge >= 0.3 is 0 Å². The van der Waals surface area contributed by atoms with Gasteiger partial charge in [0.1, 0.15) is 0 Å². The van der Waals surface area contributed by atoms with Crippen LogP contribution in [0.25, 0.3) is 0 Å². The van der Waals surface area contributed by atoms with Crippen molar-refractivity contribution in [3.8, 4) is 0 Å². The van der Waals surface area contributed by atoms with Gasteiger partial charge in [-0.2, -0.15) is 5.10 Å². The van der Waals surface area contributed by atoms with Gasteiger partial charge in [-0.15, -0.1) is 0 Å². The number of aryl methyl sites for hydroxylation is 2. The second-order valence-corrected chi connectivity index (χ2v) is 4.05. The summed E-state index contributed by atoms with van der Waals surface area (Å²) in [7, 11) is 4.07. The maximum Gasteiger partial charge on any atom is 0.0669 e. The molecule has 0 aliphatic heterocycles. The molecule has 1 aromatic rings. The van der Waals surface area contributed by atoms with Gasteiger partial charge in [0.05, 0.1) is 5.69 Å². The summed E-state index contributed by atoms with van der Waals surface area (Å²) >= 11 is 0. The Hall–Kier alpha value is -0.870. The SMILES string of the molecule is CCCc1nn(C)cc1CN(C)CCN. The van der Waals surface area contributed by atoms with Gasteiger partial charge in [0.15, 0.2) is 0 Å². The average molecular weight is 210 g/mol. The molecule has 0 amide bonds. The molecule has 0 aliphatic rings. The largest absolute Gasteiger partial charge is 0.329 e. The van der Waals surface area contributed by atoms with Crippen molar-refractivity contribution in [1.82, 2.24) is 14.7 Å². The molecule has 0 saturated carbocycles. The third-order valence-electron chi connectivity index (χ3n) is 2.43. The molecule has 1 aromatic heterocycles. The number of hydrogen-bond acceptors (Lipinski definition) is 3. The summed E-state index contributed by atoms with van der Waals surface area (Å²) in [5.41, 5.74) is 8.08. The van der Waals surface area contributed by atoms with Crippen LogP contribution in [-0.2, 0) is 20.0 Å². The van der Waals surface area contributed by atoms with Crippen molar-refractivity contribution in [2.24, 2.45) is 12.8 Å². The van der Waals surface area contributed by atoms with Crippen molar-refractivity contribution in [1.29, 1.82) is 0 Å². The van der Waals surface area contributed by atoms with Crippen LogP contribution >= 0.6 is 0 Å². The van der Waals surface area contributed by atoms with E-state index in [2.05, 4.69) is 30.2 Å². The highest BCUT2D eigenvalue weighted by Crippen LogP contribution is 2.10. The van der Waals surface area contributed by atoms with E-state index >= 15 is 0 Å². The van der Waals surface area contributed by atoms with E-state index in [9.17, 15) is 0 Å². The minimum Gasteiger partial charge on any atom is -0.329 e. The lowest BCUT2D eigenvalue weighted by atomic mass is 10.1. The fraction of sp³-hybridized carbons (Fsp3) is 0.727. The highest BCUT2D eigenvalue weighted by atomic mass is 15.3. The molecule has 0 aliphatic carbocycles. The molecule has 0 aromatic carbocycles. The molecule has 1 heterocycles. The lowest BCUT2D eigenvalue weighted by molar-refractivity contribution is 0.335. The first-order valence-electron chi connectivity index (χ1n) is 5.57. The Morgan fingerprint density at radius 2 is 2.27 bits per heavy atom. The van der Waals surface area contributed by atoms with Crippen molar-refractivity contribution in [2.75, 3.05) is 20.1 Å². The van der Waals surface area contributed by atoms with E-state index in [1.807, 2.05) is 11.7 Å². The molecule has 2 N–H and O–H groups in total. The third-order valence-corrected chi connectivity index (χ3v) is 2.43. The minimum absolute atomic E-state index is 0.708. The molecule has 15 heavy (non-hydrogen) atoms. The fourth-order valence-electron chi connectivity index (χ4n) is 1.75. The first kappa shape index (κ1) is 12.2. The van der Waals surface area contributed by atoms with E-state index in [1.165, 1.54) is 11.3 Å². The predicted octanol–water partition coefficient (Wildman–Crippen LogP) is 0.763. The maximum atomic E-state index is 5.52. The van der Waals surface area contributed by atoms with Crippen LogP contribution in [0.1, 0.15) is 24.6 Å². The van der Waals surface area contributed by atoms with Crippen LogP contribution in [0.4, 0.5) is 0 Å². The van der Waals surface area contributed by atoms with Gasteiger partial charge in [0.25, 0.3) is 0 Å². The Morgan fingerprint density at radius 1 is 1.53 bits per heavy atom. The van der Waals surface area contributed by atoms with Crippen molar-refractivity contribution in [3.63, 3.8) is 0 Å². The van der Waals surface area contributed by atoms with Crippen LogP contribution in [0.5, 0.6) is 0 Å². The summed E-state index contributed by atoms with van der Waals surface area (Å²) in [6.45, 7) is 4.77. The molecule has 0 saturated heterocycles. The van der Waals surface area contributed by atoms with E-state index in [1.54, 1.807) is 0 Å². The Bertz CT molecular complexity index is 293. The van der Waals surface area contributed by atoms with Gasteiger partial charge in [0.2, 0.25) is 0 Å². The Balaban J connectivity index is 2.65. The fourth-order valence-corrected chi connectivity index (χ4v) is 1.75. The summed E-state index contributed by atoms with van der Waals surface area (Å²) in [5, 5.41) is 4.47. The lowest BCUT2D eigenvalue weighted by Gasteiger charge is -2.14. The topological polar surface area (TPSA) is 47.1 Å². The highest BCUT2D eigenvalue weighted by molar-refractivity contribution is 5.17. The summed E-state index contributed by atoms with van der Waals surface area (Å²) in [6, 6.07) is 0. The van der Waals surface area contributed by atoms with Gasteiger partial charge < -0.3 is 10.6 Å². The lowest BCUT2D eigenvalue weighted by Crippen LogP contribution is -2.25. The van der Waals surface area contributed by atoms with Crippen molar-refractivity contribution < 1.29 is 0 Å². The molecule has 4 heteroatoms. The van der Waals surface area contributed by atoms with Crippen LogP contribution in [0, 0.1) is 0 Å². The zero-order chi connectivity index (χ0) is 11.3. The smallest absolute Gasteiger partial charge is 0.0669 e. The molecule has 0 atom stereocenters. The van der Waals surface area contributed by atoms with Crippen LogP contribution < -0.4 is 5.73 Å². The average Bonchev–Trinajstić information content (AvgIpc) is 2.47. The summed E-state index contributed by atoms with van der Waals surface area (Å²) in [6.07, 6.45) is 4.31. The number of aromatic nitrogens is 2. The summed E-state index contributed by atoms with van der Waals surface area (Å²) in [4.78, 5) is 2.23. The first-order valence-corrected chi connectivity index (χ1v) is 5.57. The van der Waals surface area contributed by atoms with Gasteiger partial charge in [-0.1, -0.05) is 13.3 Å². The van der Waals surface area contributed by atoms with Gasteiger partial charge in [-0.05, 0) is 13.5 Å². The highest BCUT2D eigenvalue weighted by Gasteiger charge is 2.08. The van der Waals surface area contributed by atoms with Crippen LogP contribution in [0.3, 0.4) is 0 Å². The van der Waals surface area contributed by atoms with Gasteiger partial charge in [0, 0.05) is 38.4 Å². The van der Waals surface area contributed by atoms with Crippen LogP contribution in [0.15, 0.2) is 6.20 Å². The van der Waals surface area contributed by atoms with Gasteiger partial charge in [-0.25, -0.2) is 0 Å². The number of rotatable bonds is 6. The monoisotopic (exact) mass is 210 g/mol. The van der Waals surface area contributed by atoms with Crippen LogP contribution in [0.2, 0.25) is 0 Å². The van der Waals surface area contributed by atoms with Crippen molar-refractivity contribution in [2.45, 2.75) is 26.3 Å². The van der Waals surface area contributed by atoms with E-state index in [-0.39, 0.29) is 0 Å². The molecule has 4 nitrogen and oxygen atoms in total.